The van der Waals surface area contributed by atoms with Gasteiger partial charge in [0.05, 0.1) is 7.11 Å². The summed E-state index contributed by atoms with van der Waals surface area (Å²) in [5.74, 6) is 0.0551. The van der Waals surface area contributed by atoms with Crippen molar-refractivity contribution in [3.05, 3.63) is 29.6 Å². The highest BCUT2D eigenvalue weighted by atomic mass is 19.1. The number of ether oxygens (including phenoxy) is 1. The molecule has 1 aromatic carbocycles. The van der Waals surface area contributed by atoms with E-state index in [0.29, 0.717) is 11.3 Å². The maximum atomic E-state index is 14.3. The summed E-state index contributed by atoms with van der Waals surface area (Å²) in [6.45, 7) is 9.34. The summed E-state index contributed by atoms with van der Waals surface area (Å²) in [6.07, 6.45) is 0.880. The molecule has 0 spiro atoms. The van der Waals surface area contributed by atoms with Gasteiger partial charge in [-0.15, -0.1) is 0 Å². The van der Waals surface area contributed by atoms with Gasteiger partial charge in [-0.3, -0.25) is 0 Å². The Balaban J connectivity index is 3.05. The van der Waals surface area contributed by atoms with E-state index in [1.165, 1.54) is 7.11 Å². The largest absolute Gasteiger partial charge is 0.494 e. The van der Waals surface area contributed by atoms with E-state index in [1.54, 1.807) is 6.07 Å². The molecule has 0 aliphatic rings. The molecule has 0 aliphatic heterocycles. The predicted molar refractivity (Wildman–Crippen MR) is 73.4 cm³/mol. The van der Waals surface area contributed by atoms with Gasteiger partial charge in [-0.2, -0.15) is 0 Å². The molecular formula is C15H24FNO. The number of nitrogens with one attached hydrogen (secondary N) is 1. The normalized spacial score (nSPS) is 13.4. The van der Waals surface area contributed by atoms with Gasteiger partial charge in [0, 0.05) is 11.6 Å². The molecular weight excluding hydrogens is 229 g/mol. The third-order valence-electron chi connectivity index (χ3n) is 2.86. The first-order chi connectivity index (χ1) is 8.39. The first-order valence-corrected chi connectivity index (χ1v) is 6.45. The average Bonchev–Trinajstić information content (AvgIpc) is 2.27. The molecule has 0 bridgehead atoms. The van der Waals surface area contributed by atoms with Gasteiger partial charge < -0.3 is 10.1 Å². The molecule has 2 nitrogen and oxygen atoms in total. The molecule has 0 aromatic heterocycles. The molecule has 0 saturated carbocycles. The summed E-state index contributed by atoms with van der Waals surface area (Å²) >= 11 is 0. The maximum Gasteiger partial charge on any atom is 0.169 e. The van der Waals surface area contributed by atoms with Crippen LogP contribution in [0.15, 0.2) is 18.2 Å². The average molecular weight is 253 g/mol. The second-order valence-electron chi connectivity index (χ2n) is 5.74. The molecule has 0 amide bonds. The van der Waals surface area contributed by atoms with Crippen LogP contribution in [-0.4, -0.2) is 13.7 Å². The first-order valence-electron chi connectivity index (χ1n) is 6.45. The number of hydrogen-bond donors (Lipinski definition) is 1. The lowest BCUT2D eigenvalue weighted by Gasteiger charge is -2.27. The van der Waals surface area contributed by atoms with Crippen molar-refractivity contribution in [3.63, 3.8) is 0 Å². The zero-order chi connectivity index (χ0) is 13.8. The van der Waals surface area contributed by atoms with Crippen LogP contribution in [0.4, 0.5) is 4.39 Å². The van der Waals surface area contributed by atoms with Crippen LogP contribution in [0.25, 0.3) is 0 Å². The Morgan fingerprint density at radius 2 is 2.00 bits per heavy atom. The summed E-state index contributed by atoms with van der Waals surface area (Å²) in [4.78, 5) is 0. The van der Waals surface area contributed by atoms with Gasteiger partial charge in [0.15, 0.2) is 11.6 Å². The minimum Gasteiger partial charge on any atom is -0.494 e. The third-order valence-corrected chi connectivity index (χ3v) is 2.86. The topological polar surface area (TPSA) is 21.3 Å². The molecule has 102 valence electrons. The van der Waals surface area contributed by atoms with Crippen LogP contribution in [0.1, 0.15) is 45.7 Å². The van der Waals surface area contributed by atoms with E-state index in [1.807, 2.05) is 19.1 Å². The number of halogens is 1. The predicted octanol–water partition coefficient (Wildman–Crippen LogP) is 3.92. The van der Waals surface area contributed by atoms with Crippen molar-refractivity contribution in [2.45, 2.75) is 40.2 Å². The van der Waals surface area contributed by atoms with Gasteiger partial charge in [-0.05, 0) is 24.4 Å². The van der Waals surface area contributed by atoms with Crippen molar-refractivity contribution in [2.75, 3.05) is 13.7 Å². The molecule has 0 aliphatic carbocycles. The second-order valence-corrected chi connectivity index (χ2v) is 5.74. The van der Waals surface area contributed by atoms with E-state index in [0.717, 1.165) is 13.0 Å². The molecule has 0 saturated heterocycles. The minimum atomic E-state index is -0.254. The number of hydrogen-bond acceptors (Lipinski definition) is 2. The summed E-state index contributed by atoms with van der Waals surface area (Å²) in [5, 5.41) is 3.35. The maximum absolute atomic E-state index is 14.3. The summed E-state index contributed by atoms with van der Waals surface area (Å²) in [5.41, 5.74) is 0.827. The minimum absolute atomic E-state index is 0.0186. The van der Waals surface area contributed by atoms with Crippen molar-refractivity contribution in [2.24, 2.45) is 5.41 Å². The Labute approximate surface area is 110 Å². The number of benzene rings is 1. The van der Waals surface area contributed by atoms with Gasteiger partial charge in [-0.1, -0.05) is 39.8 Å². The molecule has 3 heteroatoms. The van der Waals surface area contributed by atoms with Crippen LogP contribution in [0, 0.1) is 11.2 Å². The van der Waals surface area contributed by atoms with Crippen LogP contribution in [0.2, 0.25) is 0 Å². The van der Waals surface area contributed by atoms with Gasteiger partial charge in [-0.25, -0.2) is 4.39 Å². The van der Waals surface area contributed by atoms with Crippen molar-refractivity contribution < 1.29 is 9.13 Å². The van der Waals surface area contributed by atoms with Gasteiger partial charge in [0.1, 0.15) is 0 Å². The van der Waals surface area contributed by atoms with Crippen LogP contribution in [0.3, 0.4) is 0 Å². The lowest BCUT2D eigenvalue weighted by atomic mass is 9.85. The fourth-order valence-corrected chi connectivity index (χ4v) is 2.11. The highest BCUT2D eigenvalue weighted by molar-refractivity contribution is 5.33. The Bertz CT molecular complexity index is 385. The monoisotopic (exact) mass is 253 g/mol. The molecule has 0 heterocycles. The summed E-state index contributed by atoms with van der Waals surface area (Å²) in [7, 11) is 1.49. The van der Waals surface area contributed by atoms with Gasteiger partial charge >= 0.3 is 0 Å². The van der Waals surface area contributed by atoms with Crippen LogP contribution in [-0.2, 0) is 0 Å². The van der Waals surface area contributed by atoms with Crippen molar-refractivity contribution in [3.8, 4) is 5.75 Å². The molecule has 0 fully saturated rings. The van der Waals surface area contributed by atoms with E-state index >= 15 is 0 Å². The fraction of sp³-hybridized carbons (Fsp3) is 0.600. The smallest absolute Gasteiger partial charge is 0.169 e. The molecule has 1 unspecified atom stereocenters. The van der Waals surface area contributed by atoms with Crippen LogP contribution < -0.4 is 10.1 Å². The Morgan fingerprint density at radius 1 is 1.33 bits per heavy atom. The fourth-order valence-electron chi connectivity index (χ4n) is 2.11. The van der Waals surface area contributed by atoms with Gasteiger partial charge in [0.2, 0.25) is 0 Å². The molecule has 0 radical (unpaired) electrons. The molecule has 1 N–H and O–H groups in total. The molecule has 1 aromatic rings. The van der Waals surface area contributed by atoms with Gasteiger partial charge in [0.25, 0.3) is 0 Å². The van der Waals surface area contributed by atoms with E-state index in [9.17, 15) is 4.39 Å². The highest BCUT2D eigenvalue weighted by Crippen LogP contribution is 2.33. The van der Waals surface area contributed by atoms with E-state index in [2.05, 4.69) is 26.1 Å². The van der Waals surface area contributed by atoms with Crippen molar-refractivity contribution in [1.82, 2.24) is 5.32 Å². The number of rotatable bonds is 5. The lowest BCUT2D eigenvalue weighted by Crippen LogP contribution is -2.26. The number of methoxy groups -OCH3 is 1. The van der Waals surface area contributed by atoms with E-state index < -0.39 is 0 Å². The van der Waals surface area contributed by atoms with Crippen molar-refractivity contribution in [1.29, 1.82) is 0 Å². The summed E-state index contributed by atoms with van der Waals surface area (Å²) < 4.78 is 19.3. The zero-order valence-electron chi connectivity index (χ0n) is 12.0. The van der Waals surface area contributed by atoms with Crippen LogP contribution >= 0.6 is 0 Å². The Hall–Kier alpha value is -1.09. The molecule has 1 atom stereocenters. The highest BCUT2D eigenvalue weighted by Gasteiger charge is 2.23. The Morgan fingerprint density at radius 3 is 2.50 bits per heavy atom. The standard InChI is InChI=1S/C15H24FNO/c1-6-17-12(10-15(2,3)4)11-8-7-9-13(18-5)14(11)16/h7-9,12,17H,6,10H2,1-5H3. The van der Waals surface area contributed by atoms with Crippen molar-refractivity contribution >= 4 is 0 Å². The lowest BCUT2D eigenvalue weighted by molar-refractivity contribution is 0.306. The Kier molecular flexibility index (Phi) is 5.15. The molecule has 1 rings (SSSR count). The molecule has 18 heavy (non-hydrogen) atoms. The first kappa shape index (κ1) is 15.0. The van der Waals surface area contributed by atoms with E-state index in [4.69, 9.17) is 4.74 Å². The van der Waals surface area contributed by atoms with Crippen LogP contribution in [0.5, 0.6) is 5.75 Å². The second kappa shape index (κ2) is 6.19. The third kappa shape index (κ3) is 3.98. The zero-order valence-corrected chi connectivity index (χ0v) is 12.0. The quantitative estimate of drug-likeness (QED) is 0.858. The summed E-state index contributed by atoms with van der Waals surface area (Å²) in [6, 6.07) is 5.34. The van der Waals surface area contributed by atoms with E-state index in [-0.39, 0.29) is 17.3 Å². The SMILES string of the molecule is CCNC(CC(C)(C)C)c1cccc(OC)c1F.